The molecule has 1 aromatic heterocycles. The second-order valence-corrected chi connectivity index (χ2v) is 4.44. The number of aromatic nitrogens is 2. The van der Waals surface area contributed by atoms with E-state index in [0.717, 1.165) is 21.3 Å². The van der Waals surface area contributed by atoms with Crippen molar-refractivity contribution in [2.75, 3.05) is 5.32 Å². The highest BCUT2D eigenvalue weighted by molar-refractivity contribution is 7.09. The Balaban J connectivity index is 2.11. The molecule has 0 amide bonds. The van der Waals surface area contributed by atoms with E-state index in [1.807, 2.05) is 25.1 Å². The van der Waals surface area contributed by atoms with Crippen molar-refractivity contribution in [3.63, 3.8) is 0 Å². The van der Waals surface area contributed by atoms with E-state index in [4.69, 9.17) is 11.6 Å². The minimum atomic E-state index is 0.662. The van der Waals surface area contributed by atoms with Crippen LogP contribution in [0.4, 0.5) is 5.69 Å². The van der Waals surface area contributed by atoms with E-state index in [9.17, 15) is 0 Å². The molecule has 0 aliphatic rings. The second-order valence-electron chi connectivity index (χ2n) is 3.12. The van der Waals surface area contributed by atoms with Gasteiger partial charge in [0.1, 0.15) is 10.5 Å². The molecule has 3 nitrogen and oxygen atoms in total. The average molecular weight is 240 g/mol. The number of anilines is 1. The zero-order valence-electron chi connectivity index (χ0n) is 8.20. The van der Waals surface area contributed by atoms with Gasteiger partial charge >= 0.3 is 0 Å². The zero-order chi connectivity index (χ0) is 10.7. The number of nitrogens with zero attached hydrogens (tertiary/aromatic N) is 2. The van der Waals surface area contributed by atoms with Crippen LogP contribution < -0.4 is 5.32 Å². The highest BCUT2D eigenvalue weighted by Crippen LogP contribution is 2.25. The number of nitrogens with one attached hydrogen (secondary N) is 1. The van der Waals surface area contributed by atoms with Crippen LogP contribution in [0, 0.1) is 6.92 Å². The Kier molecular flexibility index (Phi) is 3.18. The lowest BCUT2D eigenvalue weighted by atomic mass is 10.2. The van der Waals surface area contributed by atoms with Gasteiger partial charge in [-0.25, -0.2) is 0 Å². The maximum Gasteiger partial charge on any atom is 0.136 e. The van der Waals surface area contributed by atoms with E-state index in [2.05, 4.69) is 15.5 Å². The van der Waals surface area contributed by atoms with Gasteiger partial charge in [0.05, 0.1) is 17.3 Å². The second kappa shape index (κ2) is 4.59. The molecular weight excluding hydrogens is 230 g/mol. The molecule has 1 heterocycles. The van der Waals surface area contributed by atoms with Crippen molar-refractivity contribution >= 4 is 28.6 Å². The van der Waals surface area contributed by atoms with Crippen LogP contribution in [-0.4, -0.2) is 10.2 Å². The molecule has 0 unspecified atom stereocenters. The standard InChI is InChI=1S/C10H10ClN3S/c1-7-3-2-4-8(11)10(7)12-5-9-14-13-6-15-9/h2-4,6,12H,5H2,1H3. The normalized spacial score (nSPS) is 10.3. The van der Waals surface area contributed by atoms with Gasteiger partial charge in [0.25, 0.3) is 0 Å². The Hall–Kier alpha value is -1.13. The molecule has 0 atom stereocenters. The molecule has 1 N–H and O–H groups in total. The smallest absolute Gasteiger partial charge is 0.136 e. The van der Waals surface area contributed by atoms with Crippen LogP contribution >= 0.6 is 22.9 Å². The third-order valence-electron chi connectivity index (χ3n) is 2.04. The first-order valence-electron chi connectivity index (χ1n) is 4.51. The van der Waals surface area contributed by atoms with Crippen molar-refractivity contribution in [2.45, 2.75) is 13.5 Å². The topological polar surface area (TPSA) is 37.8 Å². The summed E-state index contributed by atoms with van der Waals surface area (Å²) >= 11 is 7.60. The summed E-state index contributed by atoms with van der Waals surface area (Å²) in [6.45, 7) is 2.68. The van der Waals surface area contributed by atoms with E-state index in [-0.39, 0.29) is 0 Å². The SMILES string of the molecule is Cc1cccc(Cl)c1NCc1nncs1. The molecule has 0 fully saturated rings. The molecule has 0 saturated heterocycles. The molecule has 0 spiro atoms. The molecule has 2 rings (SSSR count). The van der Waals surface area contributed by atoms with Gasteiger partial charge in [-0.3, -0.25) is 0 Å². The minimum absolute atomic E-state index is 0.662. The van der Waals surface area contributed by atoms with Crippen LogP contribution in [0.15, 0.2) is 23.7 Å². The van der Waals surface area contributed by atoms with Gasteiger partial charge in [0.15, 0.2) is 0 Å². The first-order valence-corrected chi connectivity index (χ1v) is 5.77. The fraction of sp³-hybridized carbons (Fsp3) is 0.200. The summed E-state index contributed by atoms with van der Waals surface area (Å²) < 4.78 is 0. The third-order valence-corrected chi connectivity index (χ3v) is 3.06. The van der Waals surface area contributed by atoms with Gasteiger partial charge < -0.3 is 5.32 Å². The van der Waals surface area contributed by atoms with Crippen LogP contribution in [0.25, 0.3) is 0 Å². The average Bonchev–Trinajstić information content (AvgIpc) is 2.70. The van der Waals surface area contributed by atoms with Crippen molar-refractivity contribution in [2.24, 2.45) is 0 Å². The lowest BCUT2D eigenvalue weighted by molar-refractivity contribution is 0.988. The number of hydrogen-bond acceptors (Lipinski definition) is 4. The summed E-state index contributed by atoms with van der Waals surface area (Å²) in [5.74, 6) is 0. The fourth-order valence-corrected chi connectivity index (χ4v) is 2.05. The van der Waals surface area contributed by atoms with Crippen LogP contribution in [0.3, 0.4) is 0 Å². The number of benzene rings is 1. The number of halogens is 1. The molecule has 0 aliphatic heterocycles. The molecule has 0 radical (unpaired) electrons. The lowest BCUT2D eigenvalue weighted by Crippen LogP contribution is -2.01. The summed E-state index contributed by atoms with van der Waals surface area (Å²) in [5, 5.41) is 12.7. The molecule has 1 aromatic carbocycles. The highest BCUT2D eigenvalue weighted by Gasteiger charge is 2.03. The highest BCUT2D eigenvalue weighted by atomic mass is 35.5. The van der Waals surface area contributed by atoms with E-state index in [0.29, 0.717) is 6.54 Å². The molecule has 0 saturated carbocycles. The molecular formula is C10H10ClN3S. The van der Waals surface area contributed by atoms with E-state index in [1.54, 1.807) is 5.51 Å². The zero-order valence-corrected chi connectivity index (χ0v) is 9.77. The summed E-state index contributed by atoms with van der Waals surface area (Å²) in [5.41, 5.74) is 3.82. The number of hydrogen-bond donors (Lipinski definition) is 1. The van der Waals surface area contributed by atoms with E-state index in [1.165, 1.54) is 11.3 Å². The lowest BCUT2D eigenvalue weighted by Gasteiger charge is -2.09. The van der Waals surface area contributed by atoms with Crippen LogP contribution in [-0.2, 0) is 6.54 Å². The Morgan fingerprint density at radius 2 is 2.33 bits per heavy atom. The van der Waals surface area contributed by atoms with Gasteiger partial charge in [0, 0.05) is 0 Å². The maximum absolute atomic E-state index is 6.07. The van der Waals surface area contributed by atoms with Crippen molar-refractivity contribution in [3.05, 3.63) is 39.3 Å². The first-order chi connectivity index (χ1) is 7.27. The predicted molar refractivity (Wildman–Crippen MR) is 63.4 cm³/mol. The minimum Gasteiger partial charge on any atom is -0.377 e. The molecule has 0 bridgehead atoms. The van der Waals surface area contributed by atoms with Crippen molar-refractivity contribution in [1.82, 2.24) is 10.2 Å². The largest absolute Gasteiger partial charge is 0.377 e. The quantitative estimate of drug-likeness (QED) is 0.895. The van der Waals surface area contributed by atoms with Gasteiger partial charge in [0.2, 0.25) is 0 Å². The predicted octanol–water partition coefficient (Wildman–Crippen LogP) is 3.11. The third kappa shape index (κ3) is 2.46. The number of aryl methyl sites for hydroxylation is 1. The van der Waals surface area contributed by atoms with Crippen LogP contribution in [0.5, 0.6) is 0 Å². The Labute approximate surface area is 97.1 Å². The Bertz CT molecular complexity index is 422. The van der Waals surface area contributed by atoms with Crippen molar-refractivity contribution < 1.29 is 0 Å². The molecule has 78 valence electrons. The number of rotatable bonds is 3. The summed E-state index contributed by atoms with van der Waals surface area (Å²) in [6.07, 6.45) is 0. The van der Waals surface area contributed by atoms with E-state index < -0.39 is 0 Å². The van der Waals surface area contributed by atoms with Gasteiger partial charge in [-0.1, -0.05) is 23.7 Å². The maximum atomic E-state index is 6.07. The summed E-state index contributed by atoms with van der Waals surface area (Å²) in [4.78, 5) is 0. The van der Waals surface area contributed by atoms with Gasteiger partial charge in [-0.15, -0.1) is 21.5 Å². The fourth-order valence-electron chi connectivity index (χ4n) is 1.29. The molecule has 2 aromatic rings. The first kappa shape index (κ1) is 10.4. The summed E-state index contributed by atoms with van der Waals surface area (Å²) in [6, 6.07) is 5.83. The molecule has 15 heavy (non-hydrogen) atoms. The summed E-state index contributed by atoms with van der Waals surface area (Å²) in [7, 11) is 0. The molecule has 0 aliphatic carbocycles. The van der Waals surface area contributed by atoms with Crippen molar-refractivity contribution in [3.8, 4) is 0 Å². The molecule has 5 heteroatoms. The van der Waals surface area contributed by atoms with Crippen LogP contribution in [0.2, 0.25) is 5.02 Å². The van der Waals surface area contributed by atoms with E-state index >= 15 is 0 Å². The van der Waals surface area contributed by atoms with Gasteiger partial charge in [-0.2, -0.15) is 0 Å². The Morgan fingerprint density at radius 3 is 3.00 bits per heavy atom. The monoisotopic (exact) mass is 239 g/mol. The Morgan fingerprint density at radius 1 is 1.47 bits per heavy atom. The number of para-hydroxylation sites is 1. The van der Waals surface area contributed by atoms with Gasteiger partial charge in [-0.05, 0) is 18.6 Å². The van der Waals surface area contributed by atoms with Crippen molar-refractivity contribution in [1.29, 1.82) is 0 Å². The van der Waals surface area contributed by atoms with Crippen LogP contribution in [0.1, 0.15) is 10.6 Å².